The molecule has 0 saturated heterocycles. The summed E-state index contributed by atoms with van der Waals surface area (Å²) < 4.78 is 5.35. The van der Waals surface area contributed by atoms with E-state index in [0.717, 1.165) is 5.69 Å². The van der Waals surface area contributed by atoms with Gasteiger partial charge in [-0.25, -0.2) is 0 Å². The van der Waals surface area contributed by atoms with Crippen molar-refractivity contribution < 1.29 is 4.74 Å². The van der Waals surface area contributed by atoms with Crippen molar-refractivity contribution in [3.05, 3.63) is 29.8 Å². The van der Waals surface area contributed by atoms with E-state index in [2.05, 4.69) is 51.6 Å². The van der Waals surface area contributed by atoms with Crippen LogP contribution in [0.25, 0.3) is 0 Å². The molecule has 2 N–H and O–H groups in total. The highest BCUT2D eigenvalue weighted by atomic mass is 16.5. The number of anilines is 3. The van der Waals surface area contributed by atoms with Crippen LogP contribution >= 0.6 is 0 Å². The molecule has 0 radical (unpaired) electrons. The predicted molar refractivity (Wildman–Crippen MR) is 84.4 cm³/mol. The average Bonchev–Trinajstić information content (AvgIpc) is 2.47. The molecule has 2 aromatic rings. The number of benzene rings is 1. The third-order valence-electron chi connectivity index (χ3n) is 2.92. The van der Waals surface area contributed by atoms with E-state index in [4.69, 9.17) is 4.74 Å². The summed E-state index contributed by atoms with van der Waals surface area (Å²) in [5.74, 6) is 1.40. The van der Waals surface area contributed by atoms with Crippen LogP contribution in [0.1, 0.15) is 32.3 Å². The molecule has 0 spiro atoms. The number of aromatic nitrogens is 3. The molecule has 112 valence electrons. The number of nitrogens with zero attached hydrogens (tertiary/aromatic N) is 3. The van der Waals surface area contributed by atoms with Crippen LogP contribution < -0.4 is 15.4 Å². The van der Waals surface area contributed by atoms with Crippen LogP contribution in [0.2, 0.25) is 0 Å². The van der Waals surface area contributed by atoms with E-state index in [0.29, 0.717) is 30.4 Å². The van der Waals surface area contributed by atoms with Gasteiger partial charge >= 0.3 is 6.01 Å². The van der Waals surface area contributed by atoms with Crippen molar-refractivity contribution in [2.24, 2.45) is 0 Å². The average molecular weight is 287 g/mol. The first kappa shape index (κ1) is 15.0. The molecule has 0 unspecified atom stereocenters. The fraction of sp³-hybridized carbons (Fsp3) is 0.400. The number of rotatable bonds is 6. The molecule has 1 aromatic carbocycles. The standard InChI is InChI=1S/C15H21N5O/c1-5-21-15-19-13(16-4)18-14(20-15)17-12-8-6-7-11(9-12)10(2)3/h6-10H,5H2,1-4H3,(H2,16,17,18,19,20). The molecule has 6 nitrogen and oxygen atoms in total. The van der Waals surface area contributed by atoms with Gasteiger partial charge in [-0.1, -0.05) is 26.0 Å². The molecule has 0 atom stereocenters. The Morgan fingerprint density at radius 1 is 1.14 bits per heavy atom. The minimum Gasteiger partial charge on any atom is -0.464 e. The van der Waals surface area contributed by atoms with E-state index in [1.165, 1.54) is 5.56 Å². The van der Waals surface area contributed by atoms with Gasteiger partial charge in [-0.2, -0.15) is 15.0 Å². The fourth-order valence-electron chi connectivity index (χ4n) is 1.82. The third-order valence-corrected chi connectivity index (χ3v) is 2.92. The SMILES string of the molecule is CCOc1nc(NC)nc(Nc2cccc(C(C)C)c2)n1. The first-order valence-electron chi connectivity index (χ1n) is 7.06. The van der Waals surface area contributed by atoms with Crippen LogP contribution in [-0.4, -0.2) is 28.6 Å². The van der Waals surface area contributed by atoms with Crippen molar-refractivity contribution in [3.63, 3.8) is 0 Å². The second kappa shape index (κ2) is 6.88. The third kappa shape index (κ3) is 4.05. The van der Waals surface area contributed by atoms with Gasteiger partial charge in [0.1, 0.15) is 0 Å². The zero-order valence-corrected chi connectivity index (χ0v) is 12.8. The van der Waals surface area contributed by atoms with Crippen LogP contribution in [0.15, 0.2) is 24.3 Å². The normalized spacial score (nSPS) is 10.5. The maximum absolute atomic E-state index is 5.35. The molecule has 0 amide bonds. The Balaban J connectivity index is 2.25. The second-order valence-corrected chi connectivity index (χ2v) is 4.85. The fourth-order valence-corrected chi connectivity index (χ4v) is 1.82. The maximum Gasteiger partial charge on any atom is 0.323 e. The molecular formula is C15H21N5O. The summed E-state index contributed by atoms with van der Waals surface area (Å²) in [5.41, 5.74) is 2.20. The van der Waals surface area contributed by atoms with Crippen molar-refractivity contribution in [2.75, 3.05) is 24.3 Å². The van der Waals surface area contributed by atoms with Crippen molar-refractivity contribution in [2.45, 2.75) is 26.7 Å². The zero-order chi connectivity index (χ0) is 15.2. The van der Waals surface area contributed by atoms with Gasteiger partial charge in [0.05, 0.1) is 6.61 Å². The number of hydrogen-bond acceptors (Lipinski definition) is 6. The molecule has 0 bridgehead atoms. The van der Waals surface area contributed by atoms with Crippen molar-refractivity contribution in [1.82, 2.24) is 15.0 Å². The van der Waals surface area contributed by atoms with Gasteiger partial charge in [-0.15, -0.1) is 0 Å². The molecule has 0 aliphatic heterocycles. The Labute approximate surface area is 125 Å². The zero-order valence-electron chi connectivity index (χ0n) is 12.8. The maximum atomic E-state index is 5.35. The lowest BCUT2D eigenvalue weighted by atomic mass is 10.0. The summed E-state index contributed by atoms with van der Waals surface area (Å²) in [7, 11) is 1.76. The summed E-state index contributed by atoms with van der Waals surface area (Å²) >= 11 is 0. The van der Waals surface area contributed by atoms with Gasteiger partial charge in [-0.3, -0.25) is 0 Å². The Hall–Kier alpha value is -2.37. The van der Waals surface area contributed by atoms with Gasteiger partial charge in [0.15, 0.2) is 0 Å². The number of ether oxygens (including phenoxy) is 1. The van der Waals surface area contributed by atoms with Gasteiger partial charge in [0, 0.05) is 12.7 Å². The van der Waals surface area contributed by atoms with Gasteiger partial charge < -0.3 is 15.4 Å². The van der Waals surface area contributed by atoms with Crippen LogP contribution in [0, 0.1) is 0 Å². The largest absolute Gasteiger partial charge is 0.464 e. The molecule has 6 heteroatoms. The van der Waals surface area contributed by atoms with E-state index < -0.39 is 0 Å². The minimum atomic E-state index is 0.305. The van der Waals surface area contributed by atoms with Crippen molar-refractivity contribution in [1.29, 1.82) is 0 Å². The molecule has 0 fully saturated rings. The topological polar surface area (TPSA) is 72.0 Å². The Morgan fingerprint density at radius 2 is 1.90 bits per heavy atom. The summed E-state index contributed by atoms with van der Waals surface area (Å²) in [5, 5.41) is 6.09. The highest BCUT2D eigenvalue weighted by Gasteiger charge is 2.07. The lowest BCUT2D eigenvalue weighted by molar-refractivity contribution is 0.312. The van der Waals surface area contributed by atoms with E-state index in [9.17, 15) is 0 Å². The molecule has 0 saturated carbocycles. The first-order valence-corrected chi connectivity index (χ1v) is 7.06. The lowest BCUT2D eigenvalue weighted by Gasteiger charge is -2.11. The molecule has 2 rings (SSSR count). The van der Waals surface area contributed by atoms with E-state index in [1.807, 2.05) is 19.1 Å². The van der Waals surface area contributed by atoms with Crippen LogP contribution in [-0.2, 0) is 0 Å². The van der Waals surface area contributed by atoms with Crippen molar-refractivity contribution >= 4 is 17.6 Å². The summed E-state index contributed by atoms with van der Waals surface area (Å²) in [6.07, 6.45) is 0. The van der Waals surface area contributed by atoms with E-state index in [1.54, 1.807) is 7.05 Å². The van der Waals surface area contributed by atoms with Crippen LogP contribution in [0.3, 0.4) is 0 Å². The predicted octanol–water partition coefficient (Wildman–Crippen LogP) is 3.18. The monoisotopic (exact) mass is 287 g/mol. The van der Waals surface area contributed by atoms with Crippen molar-refractivity contribution in [3.8, 4) is 6.01 Å². The van der Waals surface area contributed by atoms with E-state index >= 15 is 0 Å². The van der Waals surface area contributed by atoms with Crippen LogP contribution in [0.4, 0.5) is 17.6 Å². The number of nitrogens with one attached hydrogen (secondary N) is 2. The first-order chi connectivity index (χ1) is 10.1. The molecule has 1 heterocycles. The second-order valence-electron chi connectivity index (χ2n) is 4.85. The number of hydrogen-bond donors (Lipinski definition) is 2. The van der Waals surface area contributed by atoms with Gasteiger partial charge in [0.2, 0.25) is 11.9 Å². The Bertz CT molecular complexity index is 600. The smallest absolute Gasteiger partial charge is 0.323 e. The molecule has 21 heavy (non-hydrogen) atoms. The summed E-state index contributed by atoms with van der Waals surface area (Å²) in [4.78, 5) is 12.7. The molecule has 1 aromatic heterocycles. The highest BCUT2D eigenvalue weighted by Crippen LogP contribution is 2.21. The van der Waals surface area contributed by atoms with Crippen LogP contribution in [0.5, 0.6) is 6.01 Å². The highest BCUT2D eigenvalue weighted by molar-refractivity contribution is 5.55. The lowest BCUT2D eigenvalue weighted by Crippen LogP contribution is -2.07. The van der Waals surface area contributed by atoms with Gasteiger partial charge in [0.25, 0.3) is 0 Å². The molecule has 0 aliphatic rings. The summed E-state index contributed by atoms with van der Waals surface area (Å²) in [6.45, 7) is 6.72. The minimum absolute atomic E-state index is 0.305. The molecular weight excluding hydrogens is 266 g/mol. The molecule has 0 aliphatic carbocycles. The quantitative estimate of drug-likeness (QED) is 0.850. The summed E-state index contributed by atoms with van der Waals surface area (Å²) in [6, 6.07) is 8.50. The van der Waals surface area contributed by atoms with E-state index in [-0.39, 0.29) is 0 Å². The van der Waals surface area contributed by atoms with Gasteiger partial charge in [-0.05, 0) is 30.5 Å². The Morgan fingerprint density at radius 3 is 2.57 bits per heavy atom. The Kier molecular flexibility index (Phi) is 4.92.